The summed E-state index contributed by atoms with van der Waals surface area (Å²) in [5.41, 5.74) is 2.75. The average molecular weight is 327 g/mol. The van der Waals surface area contributed by atoms with E-state index in [1.54, 1.807) is 0 Å². The number of rotatable bonds is 2. The normalized spacial score (nSPS) is 12.6. The summed E-state index contributed by atoms with van der Waals surface area (Å²) in [5.74, 6) is 0.484. The highest BCUT2D eigenvalue weighted by Crippen LogP contribution is 2.22. The number of hydrogen-bond acceptors (Lipinski definition) is 0. The summed E-state index contributed by atoms with van der Waals surface area (Å²) in [6.07, 6.45) is 9.00. The second-order valence-corrected chi connectivity index (χ2v) is 5.66. The first-order valence-corrected chi connectivity index (χ1v) is 9.98. The third-order valence-corrected chi connectivity index (χ3v) is 4.10. The molecule has 24 heavy (non-hydrogen) atoms. The van der Waals surface area contributed by atoms with Crippen molar-refractivity contribution in [2.24, 2.45) is 0 Å². The van der Waals surface area contributed by atoms with Crippen molar-refractivity contribution >= 4 is 0 Å². The molecule has 0 heteroatoms. The van der Waals surface area contributed by atoms with Crippen LogP contribution < -0.4 is 0 Å². The Morgan fingerprint density at radius 3 is 1.00 bits per heavy atom. The summed E-state index contributed by atoms with van der Waals surface area (Å²) in [4.78, 5) is 0. The molecule has 0 aromatic heterocycles. The number of benzene rings is 2. The van der Waals surface area contributed by atoms with E-state index in [1.165, 1.54) is 49.7 Å². The minimum Gasteiger partial charge on any atom is -0.0683 e. The predicted molar refractivity (Wildman–Crippen MR) is 111 cm³/mol. The van der Waals surface area contributed by atoms with Gasteiger partial charge in [0, 0.05) is 5.92 Å². The molecule has 1 aliphatic rings. The molecule has 2 aromatic rings. The van der Waals surface area contributed by atoms with Crippen LogP contribution in [-0.2, 0) is 0 Å². The second-order valence-electron chi connectivity index (χ2n) is 5.66. The van der Waals surface area contributed by atoms with Crippen LogP contribution in [0.5, 0.6) is 0 Å². The summed E-state index contributed by atoms with van der Waals surface area (Å²) < 4.78 is 0. The third-order valence-electron chi connectivity index (χ3n) is 4.10. The van der Waals surface area contributed by atoms with E-state index >= 15 is 0 Å². The summed E-state index contributed by atoms with van der Waals surface area (Å²) >= 11 is 0. The molecule has 0 spiro atoms. The molecule has 1 saturated carbocycles. The minimum atomic E-state index is 0.484. The van der Waals surface area contributed by atoms with Gasteiger partial charge in [0.15, 0.2) is 0 Å². The van der Waals surface area contributed by atoms with Gasteiger partial charge >= 0.3 is 0 Å². The van der Waals surface area contributed by atoms with E-state index in [2.05, 4.69) is 67.6 Å². The van der Waals surface area contributed by atoms with Crippen LogP contribution in [0.1, 0.15) is 90.2 Å². The Balaban J connectivity index is 0.000000443. The molecule has 0 nitrogen and oxygen atoms in total. The van der Waals surface area contributed by atoms with Crippen LogP contribution in [0, 0.1) is 0 Å². The molecule has 0 unspecified atom stereocenters. The molecule has 0 atom stereocenters. The average Bonchev–Trinajstić information content (AvgIpc) is 2.73. The lowest BCUT2D eigenvalue weighted by Crippen LogP contribution is -1.94. The summed E-state index contributed by atoms with van der Waals surface area (Å²) in [6.45, 7) is 10.2. The van der Waals surface area contributed by atoms with Crippen LogP contribution >= 0.6 is 0 Å². The van der Waals surface area contributed by atoms with Crippen molar-refractivity contribution in [3.05, 3.63) is 71.8 Å². The molecule has 0 aliphatic heterocycles. The Hall–Kier alpha value is -1.56. The Morgan fingerprint density at radius 2 is 0.750 bits per heavy atom. The highest BCUT2D eigenvalue weighted by molar-refractivity contribution is 5.31. The van der Waals surface area contributed by atoms with E-state index in [4.69, 9.17) is 0 Å². The molecular weight excluding hydrogens is 288 g/mol. The topological polar surface area (TPSA) is 0 Å². The van der Waals surface area contributed by atoms with Crippen LogP contribution in [0.25, 0.3) is 0 Å². The predicted octanol–water partition coefficient (Wildman–Crippen LogP) is 8.23. The molecule has 1 fully saturated rings. The van der Waals surface area contributed by atoms with Gasteiger partial charge in [-0.3, -0.25) is 0 Å². The van der Waals surface area contributed by atoms with Gasteiger partial charge in [0.2, 0.25) is 0 Å². The Bertz CT molecular complexity index is 403. The summed E-state index contributed by atoms with van der Waals surface area (Å²) in [5, 5.41) is 0. The van der Waals surface area contributed by atoms with Gasteiger partial charge in [0.25, 0.3) is 0 Å². The molecule has 0 saturated heterocycles. The van der Waals surface area contributed by atoms with Gasteiger partial charge < -0.3 is 0 Å². The molecule has 2 aromatic carbocycles. The fraction of sp³-hybridized carbons (Fsp3) is 0.500. The van der Waals surface area contributed by atoms with E-state index < -0.39 is 0 Å². The molecule has 3 rings (SSSR count). The molecule has 1 aliphatic carbocycles. The minimum absolute atomic E-state index is 0.484. The van der Waals surface area contributed by atoms with Crippen LogP contribution in [0.15, 0.2) is 60.7 Å². The zero-order chi connectivity index (χ0) is 18.0. The maximum Gasteiger partial charge on any atom is 0.00610 e. The SMILES string of the molecule is C1CCCCC1.CC.CC.CC(c1ccccc1)c1ccccc1. The Labute approximate surface area is 151 Å². The lowest BCUT2D eigenvalue weighted by Gasteiger charge is -2.11. The first-order chi connectivity index (χ1) is 11.9. The quantitative estimate of drug-likeness (QED) is 0.521. The van der Waals surface area contributed by atoms with Gasteiger partial charge in [-0.15, -0.1) is 0 Å². The van der Waals surface area contributed by atoms with Gasteiger partial charge in [-0.25, -0.2) is 0 Å². The fourth-order valence-electron chi connectivity index (χ4n) is 2.74. The standard InChI is InChI=1S/C14H14.C6H12.2C2H6/c1-12(13-8-4-2-5-9-13)14-10-6-3-7-11-14;1-2-4-6-5-3-1;2*1-2/h2-12H,1H3;1-6H2;2*1-2H3. The molecule has 0 amide bonds. The van der Waals surface area contributed by atoms with E-state index in [-0.39, 0.29) is 0 Å². The second kappa shape index (κ2) is 16.3. The van der Waals surface area contributed by atoms with Crippen molar-refractivity contribution in [2.45, 2.75) is 79.1 Å². The lowest BCUT2D eigenvalue weighted by molar-refractivity contribution is 0.504. The molecule has 0 heterocycles. The third kappa shape index (κ3) is 9.55. The maximum absolute atomic E-state index is 2.24. The van der Waals surface area contributed by atoms with E-state index in [9.17, 15) is 0 Å². The zero-order valence-electron chi connectivity index (χ0n) is 16.6. The Kier molecular flexibility index (Phi) is 15.2. The van der Waals surface area contributed by atoms with Gasteiger partial charge in [0.1, 0.15) is 0 Å². The van der Waals surface area contributed by atoms with Gasteiger partial charge in [-0.1, -0.05) is 134 Å². The first kappa shape index (κ1) is 22.4. The molecular formula is C24H38. The van der Waals surface area contributed by atoms with Crippen molar-refractivity contribution in [1.82, 2.24) is 0 Å². The maximum atomic E-state index is 2.24. The highest BCUT2D eigenvalue weighted by Gasteiger charge is 2.05. The van der Waals surface area contributed by atoms with Crippen molar-refractivity contribution in [2.75, 3.05) is 0 Å². The monoisotopic (exact) mass is 326 g/mol. The molecule has 0 N–H and O–H groups in total. The highest BCUT2D eigenvalue weighted by atomic mass is 14.1. The van der Waals surface area contributed by atoms with Crippen molar-refractivity contribution in [3.63, 3.8) is 0 Å². The van der Waals surface area contributed by atoms with Crippen molar-refractivity contribution < 1.29 is 0 Å². The van der Waals surface area contributed by atoms with Gasteiger partial charge in [0.05, 0.1) is 0 Å². The van der Waals surface area contributed by atoms with Crippen molar-refractivity contribution in [1.29, 1.82) is 0 Å². The molecule has 0 bridgehead atoms. The van der Waals surface area contributed by atoms with E-state index in [0.717, 1.165) is 0 Å². The Morgan fingerprint density at radius 1 is 0.500 bits per heavy atom. The zero-order valence-corrected chi connectivity index (χ0v) is 16.6. The van der Waals surface area contributed by atoms with Gasteiger partial charge in [-0.05, 0) is 11.1 Å². The van der Waals surface area contributed by atoms with Crippen LogP contribution in [0.4, 0.5) is 0 Å². The smallest absolute Gasteiger partial charge is 0.00610 e. The van der Waals surface area contributed by atoms with Crippen LogP contribution in [0.2, 0.25) is 0 Å². The summed E-state index contributed by atoms with van der Waals surface area (Å²) in [7, 11) is 0. The van der Waals surface area contributed by atoms with Crippen LogP contribution in [-0.4, -0.2) is 0 Å². The largest absolute Gasteiger partial charge is 0.0683 e. The van der Waals surface area contributed by atoms with Gasteiger partial charge in [-0.2, -0.15) is 0 Å². The summed E-state index contributed by atoms with van der Waals surface area (Å²) in [6, 6.07) is 21.2. The first-order valence-electron chi connectivity index (χ1n) is 9.98. The molecule has 0 radical (unpaired) electrons. The van der Waals surface area contributed by atoms with Crippen LogP contribution in [0.3, 0.4) is 0 Å². The van der Waals surface area contributed by atoms with E-state index in [1.807, 2.05) is 27.7 Å². The fourth-order valence-corrected chi connectivity index (χ4v) is 2.74. The van der Waals surface area contributed by atoms with E-state index in [0.29, 0.717) is 5.92 Å². The lowest BCUT2D eigenvalue weighted by atomic mass is 9.93. The number of hydrogen-bond donors (Lipinski definition) is 0. The van der Waals surface area contributed by atoms with Crippen molar-refractivity contribution in [3.8, 4) is 0 Å². The molecule has 134 valence electrons.